The van der Waals surface area contributed by atoms with Gasteiger partial charge in [0.15, 0.2) is 5.65 Å². The summed E-state index contributed by atoms with van der Waals surface area (Å²) in [6.07, 6.45) is 6.52. The Balaban J connectivity index is 2.09. The van der Waals surface area contributed by atoms with Gasteiger partial charge in [-0.05, 0) is 40.9 Å². The van der Waals surface area contributed by atoms with Crippen molar-refractivity contribution in [3.05, 3.63) is 28.6 Å². The van der Waals surface area contributed by atoms with E-state index in [0.717, 1.165) is 16.1 Å². The fourth-order valence-corrected chi connectivity index (χ4v) is 3.07. The Morgan fingerprint density at radius 1 is 1.12 bits per heavy atom. The predicted molar refractivity (Wildman–Crippen MR) is 66.5 cm³/mol. The minimum Gasteiger partial charge on any atom is -0.273 e. The number of pyridine rings is 1. The normalized spacial score (nSPS) is 18.1. The Morgan fingerprint density at radius 3 is 2.75 bits per heavy atom. The summed E-state index contributed by atoms with van der Waals surface area (Å²) in [6, 6.07) is 6.05. The molecule has 2 aromatic rings. The SMILES string of the molecule is Brc1cccc2nnc(C3CCCCC3)n12. The van der Waals surface area contributed by atoms with E-state index in [9.17, 15) is 0 Å². The zero-order valence-corrected chi connectivity index (χ0v) is 10.7. The van der Waals surface area contributed by atoms with E-state index in [1.165, 1.54) is 32.1 Å². The van der Waals surface area contributed by atoms with E-state index in [1.54, 1.807) is 0 Å². The van der Waals surface area contributed by atoms with Crippen LogP contribution in [0.15, 0.2) is 22.8 Å². The van der Waals surface area contributed by atoms with E-state index in [2.05, 4.69) is 30.5 Å². The van der Waals surface area contributed by atoms with Crippen LogP contribution in [0.2, 0.25) is 0 Å². The van der Waals surface area contributed by atoms with Gasteiger partial charge in [-0.15, -0.1) is 10.2 Å². The van der Waals surface area contributed by atoms with Crippen molar-refractivity contribution in [2.75, 3.05) is 0 Å². The summed E-state index contributed by atoms with van der Waals surface area (Å²) in [5.74, 6) is 1.71. The van der Waals surface area contributed by atoms with Crippen LogP contribution in [0.5, 0.6) is 0 Å². The van der Waals surface area contributed by atoms with E-state index in [4.69, 9.17) is 0 Å². The van der Waals surface area contributed by atoms with E-state index >= 15 is 0 Å². The summed E-state index contributed by atoms with van der Waals surface area (Å²) in [4.78, 5) is 0. The van der Waals surface area contributed by atoms with Gasteiger partial charge in [-0.25, -0.2) is 0 Å². The average Bonchev–Trinajstić information content (AvgIpc) is 2.75. The van der Waals surface area contributed by atoms with Crippen LogP contribution in [0.3, 0.4) is 0 Å². The molecule has 0 saturated heterocycles. The lowest BCUT2D eigenvalue weighted by Crippen LogP contribution is -2.09. The van der Waals surface area contributed by atoms with Gasteiger partial charge in [0, 0.05) is 5.92 Å². The van der Waals surface area contributed by atoms with Gasteiger partial charge < -0.3 is 0 Å². The molecule has 0 amide bonds. The van der Waals surface area contributed by atoms with Crippen molar-refractivity contribution in [2.45, 2.75) is 38.0 Å². The van der Waals surface area contributed by atoms with Crippen molar-refractivity contribution < 1.29 is 0 Å². The van der Waals surface area contributed by atoms with Crippen LogP contribution in [0, 0.1) is 0 Å². The highest BCUT2D eigenvalue weighted by Gasteiger charge is 2.21. The van der Waals surface area contributed by atoms with Crippen molar-refractivity contribution in [3.63, 3.8) is 0 Å². The Morgan fingerprint density at radius 2 is 1.94 bits per heavy atom. The first kappa shape index (κ1) is 10.3. The molecule has 1 aliphatic carbocycles. The second kappa shape index (κ2) is 4.17. The number of hydrogen-bond acceptors (Lipinski definition) is 2. The molecule has 0 spiro atoms. The molecular weight excluding hydrogens is 266 g/mol. The topological polar surface area (TPSA) is 30.2 Å². The second-order valence-corrected chi connectivity index (χ2v) is 5.25. The first-order chi connectivity index (χ1) is 7.86. The molecule has 1 saturated carbocycles. The molecule has 2 aromatic heterocycles. The van der Waals surface area contributed by atoms with Crippen LogP contribution in [-0.4, -0.2) is 14.6 Å². The molecular formula is C12H14BrN3. The third kappa shape index (κ3) is 1.65. The van der Waals surface area contributed by atoms with Crippen molar-refractivity contribution in [3.8, 4) is 0 Å². The van der Waals surface area contributed by atoms with Crippen molar-refractivity contribution in [2.24, 2.45) is 0 Å². The molecule has 0 atom stereocenters. The largest absolute Gasteiger partial charge is 0.273 e. The molecule has 0 unspecified atom stereocenters. The van der Waals surface area contributed by atoms with Gasteiger partial charge in [0.25, 0.3) is 0 Å². The van der Waals surface area contributed by atoms with Crippen LogP contribution >= 0.6 is 15.9 Å². The summed E-state index contributed by atoms with van der Waals surface area (Å²) < 4.78 is 3.19. The Bertz CT molecular complexity index is 500. The van der Waals surface area contributed by atoms with Crippen LogP contribution in [0.1, 0.15) is 43.8 Å². The lowest BCUT2D eigenvalue weighted by Gasteiger charge is -2.20. The first-order valence-electron chi connectivity index (χ1n) is 5.86. The van der Waals surface area contributed by atoms with Crippen molar-refractivity contribution >= 4 is 21.6 Å². The van der Waals surface area contributed by atoms with Crippen LogP contribution in [0.25, 0.3) is 5.65 Å². The Hall–Kier alpha value is -0.900. The Labute approximate surface area is 103 Å². The quantitative estimate of drug-likeness (QED) is 0.748. The zero-order chi connectivity index (χ0) is 11.0. The molecule has 2 heterocycles. The maximum Gasteiger partial charge on any atom is 0.161 e. The van der Waals surface area contributed by atoms with Gasteiger partial charge in [0.1, 0.15) is 5.82 Å². The fourth-order valence-electron chi connectivity index (χ4n) is 2.55. The summed E-state index contributed by atoms with van der Waals surface area (Å²) in [6.45, 7) is 0. The highest BCUT2D eigenvalue weighted by atomic mass is 79.9. The molecule has 1 aliphatic rings. The van der Waals surface area contributed by atoms with Gasteiger partial charge in [-0.2, -0.15) is 0 Å². The standard InChI is InChI=1S/C12H14BrN3/c13-10-7-4-8-11-14-15-12(16(10)11)9-5-2-1-3-6-9/h4,7-9H,1-3,5-6H2. The van der Waals surface area contributed by atoms with Crippen LogP contribution in [0.4, 0.5) is 0 Å². The second-order valence-electron chi connectivity index (χ2n) is 4.44. The molecule has 1 fully saturated rings. The fraction of sp³-hybridized carbons (Fsp3) is 0.500. The van der Waals surface area contributed by atoms with E-state index in [0.29, 0.717) is 5.92 Å². The highest BCUT2D eigenvalue weighted by Crippen LogP contribution is 2.32. The summed E-state index contributed by atoms with van der Waals surface area (Å²) in [5.41, 5.74) is 0.940. The summed E-state index contributed by atoms with van der Waals surface area (Å²) >= 11 is 3.58. The summed E-state index contributed by atoms with van der Waals surface area (Å²) in [5, 5.41) is 8.60. The predicted octanol–water partition coefficient (Wildman–Crippen LogP) is 3.54. The van der Waals surface area contributed by atoms with Gasteiger partial charge >= 0.3 is 0 Å². The number of rotatable bonds is 1. The van der Waals surface area contributed by atoms with E-state index in [-0.39, 0.29) is 0 Å². The Kier molecular flexibility index (Phi) is 2.67. The maximum absolute atomic E-state index is 4.36. The minimum atomic E-state index is 0.586. The van der Waals surface area contributed by atoms with E-state index < -0.39 is 0 Å². The molecule has 84 valence electrons. The number of halogens is 1. The zero-order valence-electron chi connectivity index (χ0n) is 9.06. The molecule has 0 bridgehead atoms. The van der Waals surface area contributed by atoms with E-state index in [1.807, 2.05) is 18.2 Å². The van der Waals surface area contributed by atoms with Crippen molar-refractivity contribution in [1.29, 1.82) is 0 Å². The number of aromatic nitrogens is 3. The maximum atomic E-state index is 4.36. The summed E-state index contributed by atoms with van der Waals surface area (Å²) in [7, 11) is 0. The van der Waals surface area contributed by atoms with Gasteiger partial charge in [-0.3, -0.25) is 4.40 Å². The van der Waals surface area contributed by atoms with Gasteiger partial charge in [0.05, 0.1) is 4.60 Å². The molecule has 0 aromatic carbocycles. The molecule has 0 radical (unpaired) electrons. The van der Waals surface area contributed by atoms with Crippen molar-refractivity contribution in [1.82, 2.24) is 14.6 Å². The number of hydrogen-bond donors (Lipinski definition) is 0. The first-order valence-corrected chi connectivity index (χ1v) is 6.65. The smallest absolute Gasteiger partial charge is 0.161 e. The average molecular weight is 280 g/mol. The van der Waals surface area contributed by atoms with Gasteiger partial charge in [0.2, 0.25) is 0 Å². The number of nitrogens with zero attached hydrogens (tertiary/aromatic N) is 3. The molecule has 0 aliphatic heterocycles. The third-order valence-corrected chi connectivity index (χ3v) is 4.00. The molecule has 16 heavy (non-hydrogen) atoms. The van der Waals surface area contributed by atoms with Crippen LogP contribution in [-0.2, 0) is 0 Å². The lowest BCUT2D eigenvalue weighted by atomic mass is 9.89. The molecule has 0 N–H and O–H groups in total. The monoisotopic (exact) mass is 279 g/mol. The highest BCUT2D eigenvalue weighted by molar-refractivity contribution is 9.10. The third-order valence-electron chi connectivity index (χ3n) is 3.38. The number of fused-ring (bicyclic) bond motifs is 1. The minimum absolute atomic E-state index is 0.586. The van der Waals surface area contributed by atoms with Gasteiger partial charge in [-0.1, -0.05) is 25.3 Å². The molecule has 3 nitrogen and oxygen atoms in total. The van der Waals surface area contributed by atoms with Crippen LogP contribution < -0.4 is 0 Å². The molecule has 3 rings (SSSR count). The molecule has 4 heteroatoms. The lowest BCUT2D eigenvalue weighted by molar-refractivity contribution is 0.426.